The molecule has 2 N–H and O–H groups in total. The summed E-state index contributed by atoms with van der Waals surface area (Å²) in [5.41, 5.74) is 8.03. The number of aromatic nitrogens is 2. The molecule has 2 atom stereocenters. The average molecular weight is 251 g/mol. The predicted molar refractivity (Wildman–Crippen MR) is 72.1 cm³/mol. The van der Waals surface area contributed by atoms with Crippen molar-refractivity contribution < 1.29 is 4.74 Å². The van der Waals surface area contributed by atoms with E-state index in [1.165, 1.54) is 25.7 Å². The molecule has 2 unspecified atom stereocenters. The Morgan fingerprint density at radius 3 is 2.72 bits per heavy atom. The molecule has 2 rings (SSSR count). The van der Waals surface area contributed by atoms with Crippen LogP contribution in [0.25, 0.3) is 0 Å². The van der Waals surface area contributed by atoms with Crippen LogP contribution in [0.3, 0.4) is 0 Å². The third-order valence-corrected chi connectivity index (χ3v) is 4.05. The van der Waals surface area contributed by atoms with Crippen LogP contribution in [0.15, 0.2) is 6.07 Å². The van der Waals surface area contributed by atoms with Gasteiger partial charge in [0, 0.05) is 7.05 Å². The molecular formula is C14H25N3O. The van der Waals surface area contributed by atoms with Crippen molar-refractivity contribution in [1.82, 2.24) is 9.78 Å². The highest BCUT2D eigenvalue weighted by Crippen LogP contribution is 2.29. The molecule has 1 aromatic rings. The molecule has 1 aliphatic carbocycles. The molecule has 102 valence electrons. The topological polar surface area (TPSA) is 53.1 Å². The molecule has 0 saturated heterocycles. The molecule has 4 heteroatoms. The van der Waals surface area contributed by atoms with E-state index in [-0.39, 0.29) is 0 Å². The van der Waals surface area contributed by atoms with E-state index in [4.69, 9.17) is 10.5 Å². The SMILES string of the molecule is Cc1cc(COCC2CCCCC2CN)n(C)n1. The van der Waals surface area contributed by atoms with Gasteiger partial charge >= 0.3 is 0 Å². The zero-order chi connectivity index (χ0) is 13.0. The minimum absolute atomic E-state index is 0.651. The Hall–Kier alpha value is -0.870. The van der Waals surface area contributed by atoms with E-state index in [1.54, 1.807) is 0 Å². The monoisotopic (exact) mass is 251 g/mol. The molecule has 0 spiro atoms. The first-order chi connectivity index (χ1) is 8.70. The van der Waals surface area contributed by atoms with Gasteiger partial charge in [0.25, 0.3) is 0 Å². The van der Waals surface area contributed by atoms with E-state index in [0.717, 1.165) is 24.5 Å². The molecule has 1 aliphatic rings. The molecule has 0 radical (unpaired) electrons. The van der Waals surface area contributed by atoms with Crippen LogP contribution in [-0.2, 0) is 18.4 Å². The number of hydrogen-bond acceptors (Lipinski definition) is 3. The third kappa shape index (κ3) is 3.33. The number of hydrogen-bond donors (Lipinski definition) is 1. The molecule has 1 heterocycles. The van der Waals surface area contributed by atoms with Gasteiger partial charge in [0.05, 0.1) is 24.6 Å². The van der Waals surface area contributed by atoms with E-state index in [1.807, 2.05) is 18.7 Å². The smallest absolute Gasteiger partial charge is 0.0884 e. The average Bonchev–Trinajstić information content (AvgIpc) is 2.68. The van der Waals surface area contributed by atoms with Crippen LogP contribution in [0.5, 0.6) is 0 Å². The van der Waals surface area contributed by atoms with Gasteiger partial charge in [-0.15, -0.1) is 0 Å². The van der Waals surface area contributed by atoms with Crippen molar-refractivity contribution in [2.75, 3.05) is 13.2 Å². The first kappa shape index (κ1) is 13.6. The normalized spacial score (nSPS) is 24.4. The van der Waals surface area contributed by atoms with Crippen molar-refractivity contribution in [2.45, 2.75) is 39.2 Å². The number of ether oxygens (including phenoxy) is 1. The zero-order valence-corrected chi connectivity index (χ0v) is 11.6. The van der Waals surface area contributed by atoms with Crippen LogP contribution >= 0.6 is 0 Å². The molecule has 1 fully saturated rings. The maximum Gasteiger partial charge on any atom is 0.0884 e. The Bertz CT molecular complexity index is 375. The van der Waals surface area contributed by atoms with E-state index < -0.39 is 0 Å². The predicted octanol–water partition coefficient (Wildman–Crippen LogP) is 2.01. The fourth-order valence-corrected chi connectivity index (χ4v) is 2.93. The van der Waals surface area contributed by atoms with Gasteiger partial charge in [-0.3, -0.25) is 4.68 Å². The van der Waals surface area contributed by atoms with Gasteiger partial charge < -0.3 is 10.5 Å². The van der Waals surface area contributed by atoms with Crippen LogP contribution < -0.4 is 5.73 Å². The Kier molecular flexibility index (Phi) is 4.78. The summed E-state index contributed by atoms with van der Waals surface area (Å²) >= 11 is 0. The fourth-order valence-electron chi connectivity index (χ4n) is 2.93. The van der Waals surface area contributed by atoms with Crippen LogP contribution in [0.1, 0.15) is 37.1 Å². The molecule has 18 heavy (non-hydrogen) atoms. The van der Waals surface area contributed by atoms with Gasteiger partial charge in [0.1, 0.15) is 0 Å². The quantitative estimate of drug-likeness (QED) is 0.871. The highest BCUT2D eigenvalue weighted by Gasteiger charge is 2.23. The molecule has 1 aromatic heterocycles. The van der Waals surface area contributed by atoms with E-state index >= 15 is 0 Å². The number of rotatable bonds is 5. The molecular weight excluding hydrogens is 226 g/mol. The number of nitrogens with two attached hydrogens (primary N) is 1. The second kappa shape index (κ2) is 6.34. The van der Waals surface area contributed by atoms with Crippen molar-refractivity contribution in [3.05, 3.63) is 17.5 Å². The van der Waals surface area contributed by atoms with E-state index in [0.29, 0.717) is 18.4 Å². The standard InChI is InChI=1S/C14H25N3O/c1-11-7-14(17(2)16-11)10-18-9-13-6-4-3-5-12(13)8-15/h7,12-13H,3-6,8-10,15H2,1-2H3. The van der Waals surface area contributed by atoms with Gasteiger partial charge in [0.2, 0.25) is 0 Å². The lowest BCUT2D eigenvalue weighted by Crippen LogP contribution is -2.29. The van der Waals surface area contributed by atoms with Gasteiger partial charge in [-0.2, -0.15) is 5.10 Å². The lowest BCUT2D eigenvalue weighted by atomic mass is 9.80. The van der Waals surface area contributed by atoms with Gasteiger partial charge in [0.15, 0.2) is 0 Å². The van der Waals surface area contributed by atoms with Crippen molar-refractivity contribution >= 4 is 0 Å². The molecule has 0 aliphatic heterocycles. The third-order valence-electron chi connectivity index (χ3n) is 4.05. The van der Waals surface area contributed by atoms with Crippen LogP contribution in [-0.4, -0.2) is 22.9 Å². The molecule has 0 bridgehead atoms. The second-order valence-electron chi connectivity index (χ2n) is 5.46. The minimum atomic E-state index is 0.651. The zero-order valence-electron chi connectivity index (χ0n) is 11.6. The molecule has 0 amide bonds. The lowest BCUT2D eigenvalue weighted by molar-refractivity contribution is 0.0483. The van der Waals surface area contributed by atoms with Gasteiger partial charge in [-0.25, -0.2) is 0 Å². The Labute approximate surface area is 110 Å². The number of aryl methyl sites for hydroxylation is 2. The Balaban J connectivity index is 1.79. The minimum Gasteiger partial charge on any atom is -0.375 e. The first-order valence-corrected chi connectivity index (χ1v) is 6.98. The summed E-state index contributed by atoms with van der Waals surface area (Å²) in [6.07, 6.45) is 5.20. The summed E-state index contributed by atoms with van der Waals surface area (Å²) in [6, 6.07) is 2.08. The molecule has 4 nitrogen and oxygen atoms in total. The maximum atomic E-state index is 5.87. The van der Waals surface area contributed by atoms with Gasteiger partial charge in [-0.05, 0) is 44.2 Å². The van der Waals surface area contributed by atoms with E-state index in [9.17, 15) is 0 Å². The van der Waals surface area contributed by atoms with Crippen LogP contribution in [0, 0.1) is 18.8 Å². The van der Waals surface area contributed by atoms with Crippen molar-refractivity contribution in [3.8, 4) is 0 Å². The summed E-state index contributed by atoms with van der Waals surface area (Å²) in [7, 11) is 1.97. The van der Waals surface area contributed by atoms with Crippen molar-refractivity contribution in [3.63, 3.8) is 0 Å². The first-order valence-electron chi connectivity index (χ1n) is 6.98. The molecule has 1 saturated carbocycles. The van der Waals surface area contributed by atoms with Gasteiger partial charge in [-0.1, -0.05) is 12.8 Å². The fraction of sp³-hybridized carbons (Fsp3) is 0.786. The lowest BCUT2D eigenvalue weighted by Gasteiger charge is -2.30. The maximum absolute atomic E-state index is 5.87. The van der Waals surface area contributed by atoms with Crippen LogP contribution in [0.2, 0.25) is 0 Å². The Morgan fingerprint density at radius 1 is 1.39 bits per heavy atom. The summed E-state index contributed by atoms with van der Waals surface area (Å²) in [5, 5.41) is 4.32. The summed E-state index contributed by atoms with van der Waals surface area (Å²) in [5.74, 6) is 1.31. The summed E-state index contributed by atoms with van der Waals surface area (Å²) < 4.78 is 7.77. The summed E-state index contributed by atoms with van der Waals surface area (Å²) in [4.78, 5) is 0. The molecule has 0 aromatic carbocycles. The second-order valence-corrected chi connectivity index (χ2v) is 5.46. The van der Waals surface area contributed by atoms with Crippen LogP contribution in [0.4, 0.5) is 0 Å². The summed E-state index contributed by atoms with van der Waals surface area (Å²) in [6.45, 7) is 4.31. The Morgan fingerprint density at radius 2 is 2.11 bits per heavy atom. The van der Waals surface area contributed by atoms with Crippen molar-refractivity contribution in [1.29, 1.82) is 0 Å². The van der Waals surface area contributed by atoms with Crippen molar-refractivity contribution in [2.24, 2.45) is 24.6 Å². The largest absolute Gasteiger partial charge is 0.375 e. The number of nitrogens with zero attached hydrogens (tertiary/aromatic N) is 2. The highest BCUT2D eigenvalue weighted by atomic mass is 16.5. The van der Waals surface area contributed by atoms with E-state index in [2.05, 4.69) is 11.2 Å². The highest BCUT2D eigenvalue weighted by molar-refractivity contribution is 5.07.